The van der Waals surface area contributed by atoms with E-state index in [9.17, 15) is 4.79 Å². The fourth-order valence-corrected chi connectivity index (χ4v) is 4.05. The van der Waals surface area contributed by atoms with Crippen LogP contribution in [0.25, 0.3) is 10.2 Å². The molecule has 0 unspecified atom stereocenters. The maximum Gasteiger partial charge on any atom is 0.264 e. The molecule has 0 aliphatic heterocycles. The van der Waals surface area contributed by atoms with Crippen molar-refractivity contribution in [3.8, 4) is 5.75 Å². The summed E-state index contributed by atoms with van der Waals surface area (Å²) in [7, 11) is 0. The number of hydrogen-bond donors (Lipinski definition) is 1. The summed E-state index contributed by atoms with van der Waals surface area (Å²) in [6, 6.07) is 12.5. The van der Waals surface area contributed by atoms with Gasteiger partial charge in [0.15, 0.2) is 11.7 Å². The van der Waals surface area contributed by atoms with Crippen LogP contribution in [0.5, 0.6) is 5.75 Å². The number of carbonyl (C=O) groups is 1. The number of carbonyl (C=O) groups excluding carboxylic acids is 1. The largest absolute Gasteiger partial charge is 0.483 e. The third-order valence-corrected chi connectivity index (χ3v) is 5.60. The van der Waals surface area contributed by atoms with Crippen LogP contribution >= 0.6 is 11.3 Å². The smallest absolute Gasteiger partial charge is 0.264 e. The van der Waals surface area contributed by atoms with Crippen LogP contribution in [0.15, 0.2) is 36.4 Å². The van der Waals surface area contributed by atoms with Gasteiger partial charge in [0.05, 0.1) is 10.2 Å². The highest BCUT2D eigenvalue weighted by atomic mass is 32.1. The minimum absolute atomic E-state index is 0.0269. The average molecular weight is 397 g/mol. The van der Waals surface area contributed by atoms with Crippen molar-refractivity contribution in [2.45, 2.75) is 52.9 Å². The summed E-state index contributed by atoms with van der Waals surface area (Å²) in [6.07, 6.45) is 3.44. The number of aryl methyl sites for hydroxylation is 2. The summed E-state index contributed by atoms with van der Waals surface area (Å²) in [6.45, 7) is 8.43. The lowest BCUT2D eigenvalue weighted by Crippen LogP contribution is -2.20. The fraction of sp³-hybridized carbons (Fsp3) is 0.391. The van der Waals surface area contributed by atoms with E-state index in [0.29, 0.717) is 11.0 Å². The molecule has 0 aliphatic rings. The molecule has 1 heterocycles. The van der Waals surface area contributed by atoms with Gasteiger partial charge in [-0.05, 0) is 60.6 Å². The summed E-state index contributed by atoms with van der Waals surface area (Å²) in [5, 5.41) is 3.49. The Balaban J connectivity index is 1.64. The molecule has 0 radical (unpaired) electrons. The van der Waals surface area contributed by atoms with Crippen LogP contribution in [0.4, 0.5) is 5.13 Å². The van der Waals surface area contributed by atoms with Gasteiger partial charge in [0, 0.05) is 0 Å². The molecule has 0 fully saturated rings. The molecule has 4 nitrogen and oxygen atoms in total. The third kappa shape index (κ3) is 5.10. The molecule has 0 bridgehead atoms. The average Bonchev–Trinajstić information content (AvgIpc) is 3.05. The first-order valence-corrected chi connectivity index (χ1v) is 10.7. The highest BCUT2D eigenvalue weighted by Crippen LogP contribution is 2.29. The van der Waals surface area contributed by atoms with Crippen LogP contribution in [0.1, 0.15) is 56.2 Å². The molecular formula is C23H28N2O2S. The molecule has 3 aromatic rings. The molecule has 2 aromatic carbocycles. The summed E-state index contributed by atoms with van der Waals surface area (Å²) < 4.78 is 6.92. The molecule has 1 N–H and O–H groups in total. The topological polar surface area (TPSA) is 51.2 Å². The number of benzene rings is 2. The van der Waals surface area contributed by atoms with Crippen molar-refractivity contribution in [3.05, 3.63) is 53.1 Å². The van der Waals surface area contributed by atoms with Gasteiger partial charge in [0.1, 0.15) is 5.75 Å². The number of thiazole rings is 1. The Morgan fingerprint density at radius 3 is 2.79 bits per heavy atom. The highest BCUT2D eigenvalue weighted by Gasteiger charge is 2.12. The Morgan fingerprint density at radius 2 is 2.04 bits per heavy atom. The molecule has 1 amide bonds. The Hall–Kier alpha value is -2.40. The van der Waals surface area contributed by atoms with Gasteiger partial charge in [-0.3, -0.25) is 10.1 Å². The van der Waals surface area contributed by atoms with Crippen LogP contribution in [0, 0.1) is 6.92 Å². The maximum absolute atomic E-state index is 12.4. The first-order valence-electron chi connectivity index (χ1n) is 9.89. The van der Waals surface area contributed by atoms with Crippen LogP contribution in [-0.2, 0) is 11.2 Å². The van der Waals surface area contributed by atoms with Gasteiger partial charge in [-0.15, -0.1) is 0 Å². The van der Waals surface area contributed by atoms with Crippen molar-refractivity contribution in [3.63, 3.8) is 0 Å². The second-order valence-corrected chi connectivity index (χ2v) is 8.49. The Labute approximate surface area is 171 Å². The zero-order chi connectivity index (χ0) is 20.1. The summed E-state index contributed by atoms with van der Waals surface area (Å²) in [5.41, 5.74) is 4.46. The van der Waals surface area contributed by atoms with Gasteiger partial charge >= 0.3 is 0 Å². The number of aromatic nitrogens is 1. The van der Waals surface area contributed by atoms with Gasteiger partial charge in [-0.25, -0.2) is 4.98 Å². The lowest BCUT2D eigenvalue weighted by Gasteiger charge is -2.14. The van der Waals surface area contributed by atoms with Crippen LogP contribution in [0.2, 0.25) is 0 Å². The number of anilines is 1. The van der Waals surface area contributed by atoms with Gasteiger partial charge in [-0.1, -0.05) is 56.7 Å². The van der Waals surface area contributed by atoms with E-state index in [-0.39, 0.29) is 12.5 Å². The SMILES string of the molecule is CCCCc1ccc2nc(NC(=O)COc3cc(C)ccc3C(C)C)sc2c1. The zero-order valence-electron chi connectivity index (χ0n) is 17.0. The van der Waals surface area contributed by atoms with Gasteiger partial charge in [-0.2, -0.15) is 0 Å². The van der Waals surface area contributed by atoms with Crippen molar-refractivity contribution in [2.24, 2.45) is 0 Å². The molecule has 1 aromatic heterocycles. The number of rotatable bonds is 8. The lowest BCUT2D eigenvalue weighted by atomic mass is 10.0. The lowest BCUT2D eigenvalue weighted by molar-refractivity contribution is -0.118. The minimum Gasteiger partial charge on any atom is -0.483 e. The maximum atomic E-state index is 12.4. The van der Waals surface area contributed by atoms with Gasteiger partial charge in [0.2, 0.25) is 0 Å². The first kappa shape index (κ1) is 20.3. The molecule has 0 atom stereocenters. The molecule has 5 heteroatoms. The Morgan fingerprint density at radius 1 is 1.21 bits per heavy atom. The molecule has 3 rings (SSSR count). The number of unbranched alkanes of at least 4 members (excludes halogenated alkanes) is 1. The van der Waals surface area contributed by atoms with Gasteiger partial charge < -0.3 is 4.74 Å². The second kappa shape index (κ2) is 9.20. The van der Waals surface area contributed by atoms with E-state index in [1.165, 1.54) is 29.7 Å². The number of nitrogens with zero attached hydrogens (tertiary/aromatic N) is 1. The Kier molecular flexibility index (Phi) is 6.68. The number of amides is 1. The molecule has 0 saturated carbocycles. The van der Waals surface area contributed by atoms with Gasteiger partial charge in [0.25, 0.3) is 5.91 Å². The van der Waals surface area contributed by atoms with Crippen molar-refractivity contribution < 1.29 is 9.53 Å². The van der Waals surface area contributed by atoms with E-state index in [2.05, 4.69) is 55.3 Å². The third-order valence-electron chi connectivity index (χ3n) is 4.67. The van der Waals surface area contributed by atoms with E-state index >= 15 is 0 Å². The van der Waals surface area contributed by atoms with Crippen molar-refractivity contribution in [1.82, 2.24) is 4.98 Å². The second-order valence-electron chi connectivity index (χ2n) is 7.46. The van der Waals surface area contributed by atoms with E-state index in [0.717, 1.165) is 33.5 Å². The fourth-order valence-electron chi connectivity index (χ4n) is 3.10. The van der Waals surface area contributed by atoms with E-state index < -0.39 is 0 Å². The van der Waals surface area contributed by atoms with Crippen molar-refractivity contribution in [1.29, 1.82) is 0 Å². The quantitative estimate of drug-likeness (QED) is 0.501. The summed E-state index contributed by atoms with van der Waals surface area (Å²) in [5.74, 6) is 0.918. The molecule has 28 heavy (non-hydrogen) atoms. The zero-order valence-corrected chi connectivity index (χ0v) is 17.9. The monoisotopic (exact) mass is 396 g/mol. The van der Waals surface area contributed by atoms with Crippen molar-refractivity contribution >= 4 is 32.6 Å². The highest BCUT2D eigenvalue weighted by molar-refractivity contribution is 7.22. The number of ether oxygens (including phenoxy) is 1. The van der Waals surface area contributed by atoms with Crippen LogP contribution in [0.3, 0.4) is 0 Å². The predicted octanol–water partition coefficient (Wildman–Crippen LogP) is 6.09. The summed E-state index contributed by atoms with van der Waals surface area (Å²) in [4.78, 5) is 16.9. The number of fused-ring (bicyclic) bond motifs is 1. The number of hydrogen-bond acceptors (Lipinski definition) is 4. The molecule has 0 aliphatic carbocycles. The van der Waals surface area contributed by atoms with Crippen LogP contribution < -0.4 is 10.1 Å². The van der Waals surface area contributed by atoms with Crippen molar-refractivity contribution in [2.75, 3.05) is 11.9 Å². The molecule has 148 valence electrons. The van der Waals surface area contributed by atoms with E-state index in [1.807, 2.05) is 19.1 Å². The van der Waals surface area contributed by atoms with E-state index in [1.54, 1.807) is 0 Å². The van der Waals surface area contributed by atoms with E-state index in [4.69, 9.17) is 4.74 Å². The first-order chi connectivity index (χ1) is 13.5. The number of nitrogens with one attached hydrogen (secondary N) is 1. The summed E-state index contributed by atoms with van der Waals surface area (Å²) >= 11 is 1.51. The standard InChI is InChI=1S/C23H28N2O2S/c1-5-6-7-17-9-11-19-21(13-17)28-23(24-19)25-22(26)14-27-20-12-16(4)8-10-18(20)15(2)3/h8-13,15H,5-7,14H2,1-4H3,(H,24,25,26). The predicted molar refractivity (Wildman–Crippen MR) is 118 cm³/mol. The molecular weight excluding hydrogens is 368 g/mol. The Bertz CT molecular complexity index is 962. The minimum atomic E-state index is -0.193. The normalized spacial score (nSPS) is 11.2. The molecule has 0 saturated heterocycles. The van der Waals surface area contributed by atoms with Crippen LogP contribution in [-0.4, -0.2) is 17.5 Å². The molecule has 0 spiro atoms.